The molecule has 2 saturated heterocycles. The van der Waals surface area contributed by atoms with Crippen LogP contribution in [0.15, 0.2) is 18.2 Å². The smallest absolute Gasteiger partial charge is 0.226 e. The van der Waals surface area contributed by atoms with Crippen molar-refractivity contribution in [1.29, 1.82) is 0 Å². The first-order chi connectivity index (χ1) is 12.1. The van der Waals surface area contributed by atoms with Crippen molar-refractivity contribution in [2.75, 3.05) is 26.2 Å². The van der Waals surface area contributed by atoms with Gasteiger partial charge in [-0.2, -0.15) is 0 Å². The topological polar surface area (TPSA) is 66.6 Å². The molecule has 2 fully saturated rings. The predicted molar refractivity (Wildman–Crippen MR) is 97.9 cm³/mol. The van der Waals surface area contributed by atoms with Gasteiger partial charge < -0.3 is 10.6 Å². The molecule has 0 saturated carbocycles. The molecule has 0 aromatic heterocycles. The summed E-state index contributed by atoms with van der Waals surface area (Å²) in [6, 6.07) is 6.61. The maximum absolute atomic E-state index is 12.3. The summed E-state index contributed by atoms with van der Waals surface area (Å²) in [4.78, 5) is 27.9. The fourth-order valence-corrected chi connectivity index (χ4v) is 3.80. The summed E-state index contributed by atoms with van der Waals surface area (Å²) in [5.74, 6) is -0.177. The van der Waals surface area contributed by atoms with Crippen molar-refractivity contribution < 1.29 is 9.59 Å². The molecule has 2 aliphatic heterocycles. The number of primary amides is 1. The first-order valence-electron chi connectivity index (χ1n) is 9.32. The van der Waals surface area contributed by atoms with Gasteiger partial charge in [-0.3, -0.25) is 14.5 Å². The summed E-state index contributed by atoms with van der Waals surface area (Å²) in [7, 11) is 0. The number of nitrogens with two attached hydrogens (primary N) is 1. The van der Waals surface area contributed by atoms with Gasteiger partial charge in [0.25, 0.3) is 0 Å². The van der Waals surface area contributed by atoms with Crippen molar-refractivity contribution >= 4 is 11.8 Å². The Morgan fingerprint density at radius 1 is 1.20 bits per heavy atom. The van der Waals surface area contributed by atoms with E-state index in [9.17, 15) is 9.59 Å². The summed E-state index contributed by atoms with van der Waals surface area (Å²) in [6.07, 6.45) is 6.13. The Kier molecular flexibility index (Phi) is 5.74. The molecule has 0 bridgehead atoms. The molecule has 5 nitrogen and oxygen atoms in total. The van der Waals surface area contributed by atoms with E-state index in [1.165, 1.54) is 25.9 Å². The van der Waals surface area contributed by atoms with Crippen LogP contribution in [0.1, 0.15) is 36.5 Å². The Morgan fingerprint density at radius 2 is 1.92 bits per heavy atom. The summed E-state index contributed by atoms with van der Waals surface area (Å²) in [5, 5.41) is 0. The summed E-state index contributed by atoms with van der Waals surface area (Å²) < 4.78 is 0. The van der Waals surface area contributed by atoms with Gasteiger partial charge in [0.15, 0.2) is 0 Å². The van der Waals surface area contributed by atoms with Crippen LogP contribution >= 0.6 is 0 Å². The van der Waals surface area contributed by atoms with Gasteiger partial charge in [-0.15, -0.1) is 0 Å². The third kappa shape index (κ3) is 4.40. The molecule has 5 heteroatoms. The Bertz CT molecular complexity index is 632. The Labute approximate surface area is 150 Å². The van der Waals surface area contributed by atoms with E-state index < -0.39 is 0 Å². The van der Waals surface area contributed by atoms with Gasteiger partial charge in [0.1, 0.15) is 0 Å². The largest absolute Gasteiger partial charge is 0.369 e. The minimum absolute atomic E-state index is 0.134. The van der Waals surface area contributed by atoms with E-state index in [1.807, 2.05) is 17.0 Å². The number of likely N-dealkylation sites (tertiary alicyclic amines) is 2. The van der Waals surface area contributed by atoms with Gasteiger partial charge in [-0.05, 0) is 55.5 Å². The predicted octanol–water partition coefficient (Wildman–Crippen LogP) is 1.33. The van der Waals surface area contributed by atoms with Crippen molar-refractivity contribution in [2.24, 2.45) is 5.73 Å². The molecule has 1 aromatic carbocycles. The normalized spacial score (nSPS) is 18.4. The average molecular weight is 342 g/mol. The zero-order valence-electron chi connectivity index (χ0n) is 15.0. The molecule has 2 amide bonds. The minimum atomic E-state index is -0.311. The van der Waals surface area contributed by atoms with E-state index in [-0.39, 0.29) is 18.2 Å². The van der Waals surface area contributed by atoms with Crippen molar-refractivity contribution in [2.45, 2.75) is 45.1 Å². The molecule has 0 atom stereocenters. The van der Waals surface area contributed by atoms with Crippen LogP contribution in [0.5, 0.6) is 0 Å². The molecule has 0 unspecified atom stereocenters. The van der Waals surface area contributed by atoms with E-state index in [0.29, 0.717) is 12.5 Å². The van der Waals surface area contributed by atoms with Gasteiger partial charge in [-0.1, -0.05) is 25.1 Å². The lowest BCUT2D eigenvalue weighted by Crippen LogP contribution is -2.60. The standard InChI is InChI=1S/C20H28N3O2/c1-2-16-11-15(5-7-17(16)12-19(21)24)6-8-20(25)23-13-18(14-23)22-9-3-4-10-22/h5,7-8,11,18H,2-4,6,9-10,12-14H2,1H3,(H2,21,24). The third-order valence-electron chi connectivity index (χ3n) is 5.36. The van der Waals surface area contributed by atoms with E-state index in [1.54, 1.807) is 6.42 Å². The highest BCUT2D eigenvalue weighted by Crippen LogP contribution is 2.21. The van der Waals surface area contributed by atoms with Crippen molar-refractivity contribution in [1.82, 2.24) is 9.80 Å². The molecule has 1 radical (unpaired) electrons. The SMILES string of the molecule is CCc1cc(C[CH]C(=O)N2CC(N3CCCC3)C2)ccc1CC(N)=O. The first-order valence-corrected chi connectivity index (χ1v) is 9.32. The molecule has 0 aliphatic carbocycles. The van der Waals surface area contributed by atoms with Gasteiger partial charge in [-0.25, -0.2) is 0 Å². The van der Waals surface area contributed by atoms with Gasteiger partial charge in [0.05, 0.1) is 12.8 Å². The fraction of sp³-hybridized carbons (Fsp3) is 0.550. The highest BCUT2D eigenvalue weighted by Gasteiger charge is 2.35. The van der Waals surface area contributed by atoms with Crippen LogP contribution < -0.4 is 5.73 Å². The zero-order chi connectivity index (χ0) is 17.8. The minimum Gasteiger partial charge on any atom is -0.369 e. The number of aryl methyl sites for hydroxylation is 1. The lowest BCUT2D eigenvalue weighted by Gasteiger charge is -2.44. The van der Waals surface area contributed by atoms with Crippen molar-refractivity contribution in [3.63, 3.8) is 0 Å². The van der Waals surface area contributed by atoms with Crippen LogP contribution in [-0.4, -0.2) is 53.8 Å². The molecule has 1 aromatic rings. The molecule has 2 heterocycles. The van der Waals surface area contributed by atoms with Crippen LogP contribution in [0.4, 0.5) is 0 Å². The second kappa shape index (κ2) is 8.00. The van der Waals surface area contributed by atoms with Gasteiger partial charge >= 0.3 is 0 Å². The molecule has 135 valence electrons. The first kappa shape index (κ1) is 17.9. The van der Waals surface area contributed by atoms with Gasteiger partial charge in [0.2, 0.25) is 11.8 Å². The van der Waals surface area contributed by atoms with Crippen LogP contribution in [-0.2, 0) is 28.9 Å². The van der Waals surface area contributed by atoms with E-state index in [4.69, 9.17) is 5.73 Å². The molecule has 2 aliphatic rings. The summed E-state index contributed by atoms with van der Waals surface area (Å²) >= 11 is 0. The summed E-state index contributed by atoms with van der Waals surface area (Å²) in [5.41, 5.74) is 8.53. The monoisotopic (exact) mass is 342 g/mol. The Morgan fingerprint density at radius 3 is 2.56 bits per heavy atom. The Balaban J connectivity index is 1.48. The maximum atomic E-state index is 12.3. The van der Waals surface area contributed by atoms with Crippen LogP contribution in [0.25, 0.3) is 0 Å². The third-order valence-corrected chi connectivity index (χ3v) is 5.36. The number of carbonyl (C=O) groups is 2. The maximum Gasteiger partial charge on any atom is 0.226 e. The number of nitrogens with zero attached hydrogens (tertiary/aromatic N) is 2. The molecular formula is C20H28N3O2. The zero-order valence-corrected chi connectivity index (χ0v) is 15.0. The van der Waals surface area contributed by atoms with E-state index >= 15 is 0 Å². The van der Waals surface area contributed by atoms with Crippen molar-refractivity contribution in [3.8, 4) is 0 Å². The molecule has 25 heavy (non-hydrogen) atoms. The average Bonchev–Trinajstić information content (AvgIpc) is 3.06. The molecule has 3 rings (SSSR count). The highest BCUT2D eigenvalue weighted by atomic mass is 16.2. The van der Waals surface area contributed by atoms with Crippen molar-refractivity contribution in [3.05, 3.63) is 41.3 Å². The van der Waals surface area contributed by atoms with Crippen LogP contribution in [0, 0.1) is 6.42 Å². The molecular weight excluding hydrogens is 314 g/mol. The second-order valence-electron chi connectivity index (χ2n) is 7.15. The quantitative estimate of drug-likeness (QED) is 0.813. The molecule has 0 spiro atoms. The number of amides is 2. The van der Waals surface area contributed by atoms with Gasteiger partial charge in [0, 0.05) is 19.1 Å². The fourth-order valence-electron chi connectivity index (χ4n) is 3.80. The van der Waals surface area contributed by atoms with Crippen LogP contribution in [0.3, 0.4) is 0 Å². The second-order valence-corrected chi connectivity index (χ2v) is 7.15. The number of rotatable bonds is 7. The molecule has 2 N–H and O–H groups in total. The lowest BCUT2D eigenvalue weighted by molar-refractivity contribution is -0.134. The number of carbonyl (C=O) groups excluding carboxylic acids is 2. The number of hydrogen-bond donors (Lipinski definition) is 1. The van der Waals surface area contributed by atoms with E-state index in [0.717, 1.165) is 36.2 Å². The number of hydrogen-bond acceptors (Lipinski definition) is 3. The van der Waals surface area contributed by atoms with E-state index in [2.05, 4.69) is 17.9 Å². The Hall–Kier alpha value is -1.88. The summed E-state index contributed by atoms with van der Waals surface area (Å²) in [6.45, 7) is 6.18. The number of benzene rings is 1. The van der Waals surface area contributed by atoms with Crippen LogP contribution in [0.2, 0.25) is 0 Å². The highest BCUT2D eigenvalue weighted by molar-refractivity contribution is 5.86. The lowest BCUT2D eigenvalue weighted by atomic mass is 9.97.